The zero-order valence-corrected chi connectivity index (χ0v) is 18.4. The second-order valence-corrected chi connectivity index (χ2v) is 8.77. The molecule has 0 saturated carbocycles. The van der Waals surface area contributed by atoms with Crippen molar-refractivity contribution >= 4 is 22.7 Å². The molecule has 3 N–H and O–H groups in total. The molecule has 10 heteroatoms. The Kier molecular flexibility index (Phi) is 5.85. The number of benzene rings is 1. The van der Waals surface area contributed by atoms with Crippen molar-refractivity contribution in [3.8, 4) is 5.75 Å². The van der Waals surface area contributed by atoms with Crippen molar-refractivity contribution < 1.29 is 27.8 Å². The number of carboxylic acid groups (broad SMARTS) is 1. The number of carbonyl (C=O) groups is 1. The van der Waals surface area contributed by atoms with Crippen LogP contribution in [0.4, 0.5) is 19.0 Å². The fourth-order valence-electron chi connectivity index (χ4n) is 4.86. The average molecular weight is 474 g/mol. The van der Waals surface area contributed by atoms with E-state index in [1.165, 1.54) is 6.20 Å². The maximum absolute atomic E-state index is 13.7. The van der Waals surface area contributed by atoms with Gasteiger partial charge in [-0.3, -0.25) is 4.79 Å². The SMILES string of the molecule is O=C(O)CC1NCCc2c1[nH]c1ccc(OCc3cnc(N4CCCC4)c(C(F)(F)F)c3)cc21. The van der Waals surface area contributed by atoms with Crippen LogP contribution in [0.15, 0.2) is 30.5 Å². The molecule has 0 spiro atoms. The average Bonchev–Trinajstić information content (AvgIpc) is 3.45. The monoisotopic (exact) mass is 474 g/mol. The third-order valence-electron chi connectivity index (χ3n) is 6.44. The Morgan fingerprint density at radius 1 is 1.24 bits per heavy atom. The molecule has 5 rings (SSSR count). The van der Waals surface area contributed by atoms with E-state index < -0.39 is 17.7 Å². The number of carboxylic acids is 1. The summed E-state index contributed by atoms with van der Waals surface area (Å²) < 4.78 is 46.9. The van der Waals surface area contributed by atoms with Crippen LogP contribution in [0, 0.1) is 0 Å². The molecule has 2 aliphatic heterocycles. The highest BCUT2D eigenvalue weighted by atomic mass is 19.4. The van der Waals surface area contributed by atoms with Gasteiger partial charge in [-0.1, -0.05) is 0 Å². The standard InChI is InChI=1S/C24H25F3N4O3/c25-24(26,27)18-9-14(12-29-23(18)31-7-1-2-8-31)13-34-15-3-4-19-17(10-15)16-5-6-28-20(11-21(32)33)22(16)30-19/h3-4,9-10,12,20,28,30H,1-2,5-8,11,13H2,(H,32,33). The first-order valence-electron chi connectivity index (χ1n) is 11.3. The van der Waals surface area contributed by atoms with Gasteiger partial charge in [0.05, 0.1) is 18.0 Å². The van der Waals surface area contributed by atoms with E-state index in [1.54, 1.807) is 11.0 Å². The number of hydrogen-bond donors (Lipinski definition) is 3. The summed E-state index contributed by atoms with van der Waals surface area (Å²) in [6.45, 7) is 1.78. The molecule has 0 amide bonds. The Morgan fingerprint density at radius 2 is 2.03 bits per heavy atom. The predicted octanol–water partition coefficient (Wildman–Crippen LogP) is 4.42. The number of hydrogen-bond acceptors (Lipinski definition) is 5. The quantitative estimate of drug-likeness (QED) is 0.490. The molecule has 34 heavy (non-hydrogen) atoms. The molecule has 3 aromatic rings. The van der Waals surface area contributed by atoms with E-state index in [1.807, 2.05) is 12.1 Å². The van der Waals surface area contributed by atoms with E-state index in [9.17, 15) is 23.1 Å². The number of nitrogens with one attached hydrogen (secondary N) is 2. The first-order valence-corrected chi connectivity index (χ1v) is 11.3. The molecule has 1 saturated heterocycles. The summed E-state index contributed by atoms with van der Waals surface area (Å²) >= 11 is 0. The van der Waals surface area contributed by atoms with Crippen LogP contribution >= 0.6 is 0 Å². The number of anilines is 1. The van der Waals surface area contributed by atoms with Gasteiger partial charge in [0.2, 0.25) is 0 Å². The molecule has 2 aromatic heterocycles. The minimum absolute atomic E-state index is 0.0151. The van der Waals surface area contributed by atoms with Crippen LogP contribution in [0.2, 0.25) is 0 Å². The van der Waals surface area contributed by atoms with Crippen LogP contribution in [0.3, 0.4) is 0 Å². The van der Waals surface area contributed by atoms with Gasteiger partial charge in [-0.15, -0.1) is 0 Å². The summed E-state index contributed by atoms with van der Waals surface area (Å²) in [7, 11) is 0. The third-order valence-corrected chi connectivity index (χ3v) is 6.44. The van der Waals surface area contributed by atoms with Crippen LogP contribution in [-0.2, 0) is 24.0 Å². The number of rotatable bonds is 6. The summed E-state index contributed by atoms with van der Waals surface area (Å²) in [6.07, 6.45) is -0.603. The van der Waals surface area contributed by atoms with Crippen LogP contribution in [0.25, 0.3) is 10.9 Å². The highest BCUT2D eigenvalue weighted by Gasteiger charge is 2.37. The smallest absolute Gasteiger partial charge is 0.419 e. The van der Waals surface area contributed by atoms with Gasteiger partial charge >= 0.3 is 12.1 Å². The van der Waals surface area contributed by atoms with Gasteiger partial charge in [0.25, 0.3) is 0 Å². The maximum Gasteiger partial charge on any atom is 0.419 e. The van der Waals surface area contributed by atoms with Crippen LogP contribution < -0.4 is 15.0 Å². The number of aromatic amines is 1. The molecule has 2 aliphatic rings. The van der Waals surface area contributed by atoms with E-state index in [0.717, 1.165) is 47.5 Å². The Bertz CT molecular complexity index is 1220. The predicted molar refractivity (Wildman–Crippen MR) is 120 cm³/mol. The molecule has 7 nitrogen and oxygen atoms in total. The Hall–Kier alpha value is -3.27. The first-order chi connectivity index (χ1) is 16.3. The minimum atomic E-state index is -4.50. The van der Waals surface area contributed by atoms with Crippen molar-refractivity contribution in [2.24, 2.45) is 0 Å². The van der Waals surface area contributed by atoms with Gasteiger partial charge in [-0.25, -0.2) is 4.98 Å². The topological polar surface area (TPSA) is 90.5 Å². The summed E-state index contributed by atoms with van der Waals surface area (Å²) in [5.41, 5.74) is 2.38. The number of pyridine rings is 1. The molecule has 180 valence electrons. The molecule has 1 aromatic carbocycles. The fourth-order valence-corrected chi connectivity index (χ4v) is 4.86. The van der Waals surface area contributed by atoms with Crippen molar-refractivity contribution in [1.29, 1.82) is 0 Å². The summed E-state index contributed by atoms with van der Waals surface area (Å²) in [5.74, 6) is -0.367. The lowest BCUT2D eigenvalue weighted by molar-refractivity contribution is -0.138. The normalized spacial score (nSPS) is 18.3. The summed E-state index contributed by atoms with van der Waals surface area (Å²) in [4.78, 5) is 20.3. The fraction of sp³-hybridized carbons (Fsp3) is 0.417. The molecule has 0 aliphatic carbocycles. The number of halogens is 3. The molecule has 0 radical (unpaired) electrons. The van der Waals surface area contributed by atoms with Gasteiger partial charge in [0.1, 0.15) is 18.2 Å². The van der Waals surface area contributed by atoms with Gasteiger partial charge in [0, 0.05) is 41.4 Å². The van der Waals surface area contributed by atoms with Crippen molar-refractivity contribution in [3.63, 3.8) is 0 Å². The number of aromatic nitrogens is 2. The number of ether oxygens (including phenoxy) is 1. The van der Waals surface area contributed by atoms with Gasteiger partial charge in [-0.05, 0) is 55.6 Å². The molecular weight excluding hydrogens is 449 g/mol. The zero-order valence-electron chi connectivity index (χ0n) is 18.4. The second-order valence-electron chi connectivity index (χ2n) is 8.77. The van der Waals surface area contributed by atoms with Gasteiger partial charge < -0.3 is 25.0 Å². The second kappa shape index (κ2) is 8.83. The lowest BCUT2D eigenvalue weighted by Crippen LogP contribution is -2.31. The molecular formula is C24H25F3N4O3. The number of H-pyrrole nitrogens is 1. The summed E-state index contributed by atoms with van der Waals surface area (Å²) in [5, 5.41) is 13.3. The third kappa shape index (κ3) is 4.42. The molecule has 4 heterocycles. The van der Waals surface area contributed by atoms with Crippen molar-refractivity contribution in [3.05, 3.63) is 52.8 Å². The van der Waals surface area contributed by atoms with E-state index in [0.29, 0.717) is 30.9 Å². The van der Waals surface area contributed by atoms with Crippen molar-refractivity contribution in [1.82, 2.24) is 15.3 Å². The van der Waals surface area contributed by atoms with E-state index >= 15 is 0 Å². The number of fused-ring (bicyclic) bond motifs is 3. The summed E-state index contributed by atoms with van der Waals surface area (Å²) in [6, 6.07) is 6.28. The van der Waals surface area contributed by atoms with E-state index in [-0.39, 0.29) is 24.9 Å². The molecule has 1 unspecified atom stereocenters. The highest BCUT2D eigenvalue weighted by molar-refractivity contribution is 5.87. The van der Waals surface area contributed by atoms with Crippen LogP contribution in [-0.4, -0.2) is 40.7 Å². The number of nitrogens with zero attached hydrogens (tertiary/aromatic N) is 2. The zero-order chi connectivity index (χ0) is 23.9. The lowest BCUT2D eigenvalue weighted by atomic mass is 9.97. The minimum Gasteiger partial charge on any atom is -0.489 e. The largest absolute Gasteiger partial charge is 0.489 e. The Morgan fingerprint density at radius 3 is 2.76 bits per heavy atom. The highest BCUT2D eigenvalue weighted by Crippen LogP contribution is 2.37. The molecule has 0 bridgehead atoms. The molecule has 1 atom stereocenters. The van der Waals surface area contributed by atoms with Gasteiger partial charge in [0.15, 0.2) is 0 Å². The Balaban J connectivity index is 1.37. The maximum atomic E-state index is 13.7. The van der Waals surface area contributed by atoms with E-state index in [2.05, 4.69) is 15.3 Å². The van der Waals surface area contributed by atoms with Gasteiger partial charge in [-0.2, -0.15) is 13.2 Å². The Labute approximate surface area is 193 Å². The van der Waals surface area contributed by atoms with Crippen molar-refractivity contribution in [2.75, 3.05) is 24.5 Å². The lowest BCUT2D eigenvalue weighted by Gasteiger charge is -2.22. The van der Waals surface area contributed by atoms with Crippen molar-refractivity contribution in [2.45, 2.75) is 44.5 Å². The van der Waals surface area contributed by atoms with E-state index in [4.69, 9.17) is 4.74 Å². The molecule has 1 fully saturated rings. The van der Waals surface area contributed by atoms with Crippen LogP contribution in [0.1, 0.15) is 47.7 Å². The number of alkyl halides is 3. The number of aliphatic carboxylic acids is 1. The first kappa shape index (κ1) is 22.5. The van der Waals surface area contributed by atoms with Crippen LogP contribution in [0.5, 0.6) is 5.75 Å².